The summed E-state index contributed by atoms with van der Waals surface area (Å²) in [5.74, 6) is 0.202. The van der Waals surface area contributed by atoms with Crippen molar-refractivity contribution in [2.45, 2.75) is 19.3 Å². The minimum Gasteiger partial charge on any atom is -0.494 e. The van der Waals surface area contributed by atoms with Crippen LogP contribution in [0.15, 0.2) is 24.3 Å². The molecule has 21 heavy (non-hydrogen) atoms. The van der Waals surface area contributed by atoms with Gasteiger partial charge in [0.25, 0.3) is 0 Å². The first kappa shape index (κ1) is 13.4. The van der Waals surface area contributed by atoms with Crippen LogP contribution in [0.3, 0.4) is 0 Å². The van der Waals surface area contributed by atoms with Crippen LogP contribution in [0.2, 0.25) is 0 Å². The zero-order valence-corrected chi connectivity index (χ0v) is 11.6. The molecule has 0 amide bonds. The van der Waals surface area contributed by atoms with E-state index in [2.05, 4.69) is 16.4 Å². The molecule has 106 valence electrons. The average Bonchev–Trinajstić information content (AvgIpc) is 2.93. The Morgan fingerprint density at radius 2 is 2.19 bits per heavy atom. The number of hydrogen-bond donors (Lipinski definition) is 1. The first-order valence-electron chi connectivity index (χ1n) is 6.74. The Kier molecular flexibility index (Phi) is 3.44. The molecule has 1 aliphatic carbocycles. The fourth-order valence-electron chi connectivity index (χ4n) is 2.53. The first-order chi connectivity index (χ1) is 10.2. The number of fused-ring (bicyclic) bond motifs is 1. The van der Waals surface area contributed by atoms with Crippen LogP contribution in [-0.4, -0.2) is 12.1 Å². The maximum Gasteiger partial charge on any atom is 0.167 e. The van der Waals surface area contributed by atoms with E-state index in [-0.39, 0.29) is 5.75 Å². The molecule has 0 unspecified atom stereocenters. The number of methoxy groups -OCH3 is 1. The molecule has 0 aliphatic heterocycles. The standard InChI is InChI=1S/C16H14FN3O/c1-21-15-6-5-12(8-13(15)17)19-16-11(9-18)7-10-3-2-4-14(10)20-16/h5-8H,2-4H2,1H3,(H,19,20). The second-order valence-electron chi connectivity index (χ2n) is 4.93. The zero-order valence-electron chi connectivity index (χ0n) is 11.6. The fourth-order valence-corrected chi connectivity index (χ4v) is 2.53. The van der Waals surface area contributed by atoms with Crippen molar-refractivity contribution in [3.63, 3.8) is 0 Å². The van der Waals surface area contributed by atoms with Crippen LogP contribution in [0.1, 0.15) is 23.2 Å². The number of ether oxygens (including phenoxy) is 1. The zero-order chi connectivity index (χ0) is 14.8. The summed E-state index contributed by atoms with van der Waals surface area (Å²) in [6.45, 7) is 0. The summed E-state index contributed by atoms with van der Waals surface area (Å²) < 4.78 is 18.6. The molecule has 0 saturated heterocycles. The molecule has 0 saturated carbocycles. The van der Waals surface area contributed by atoms with Gasteiger partial charge in [-0.15, -0.1) is 0 Å². The summed E-state index contributed by atoms with van der Waals surface area (Å²) >= 11 is 0. The van der Waals surface area contributed by atoms with Gasteiger partial charge in [-0.1, -0.05) is 0 Å². The highest BCUT2D eigenvalue weighted by molar-refractivity contribution is 5.64. The lowest BCUT2D eigenvalue weighted by atomic mass is 10.1. The Morgan fingerprint density at radius 3 is 2.90 bits per heavy atom. The van der Waals surface area contributed by atoms with Crippen molar-refractivity contribution in [2.24, 2.45) is 0 Å². The second kappa shape index (κ2) is 5.41. The third-order valence-electron chi connectivity index (χ3n) is 3.59. The Bertz CT molecular complexity index is 737. The summed E-state index contributed by atoms with van der Waals surface area (Å²) in [6.07, 6.45) is 2.95. The van der Waals surface area contributed by atoms with Crippen LogP contribution >= 0.6 is 0 Å². The minimum absolute atomic E-state index is 0.183. The number of nitriles is 1. The molecule has 1 aliphatic rings. The molecule has 1 heterocycles. The number of rotatable bonds is 3. The number of aryl methyl sites for hydroxylation is 2. The molecule has 3 rings (SSSR count). The van der Waals surface area contributed by atoms with E-state index >= 15 is 0 Å². The van der Waals surface area contributed by atoms with Gasteiger partial charge in [0, 0.05) is 17.4 Å². The van der Waals surface area contributed by atoms with Gasteiger partial charge in [0.2, 0.25) is 0 Å². The maximum atomic E-state index is 13.7. The van der Waals surface area contributed by atoms with Crippen LogP contribution in [0.25, 0.3) is 0 Å². The van der Waals surface area contributed by atoms with Gasteiger partial charge >= 0.3 is 0 Å². The van der Waals surface area contributed by atoms with E-state index in [1.807, 2.05) is 6.07 Å². The molecule has 0 bridgehead atoms. The Balaban J connectivity index is 1.95. The molecule has 1 aromatic carbocycles. The number of nitrogens with one attached hydrogen (secondary N) is 1. The molecule has 1 aromatic heterocycles. The highest BCUT2D eigenvalue weighted by Crippen LogP contribution is 2.28. The van der Waals surface area contributed by atoms with Gasteiger partial charge in [0.15, 0.2) is 11.6 Å². The third-order valence-corrected chi connectivity index (χ3v) is 3.59. The van der Waals surface area contributed by atoms with Crippen molar-refractivity contribution in [3.8, 4) is 11.8 Å². The van der Waals surface area contributed by atoms with Gasteiger partial charge < -0.3 is 10.1 Å². The first-order valence-corrected chi connectivity index (χ1v) is 6.74. The fraction of sp³-hybridized carbons (Fsp3) is 0.250. The Hall–Kier alpha value is -2.61. The third kappa shape index (κ3) is 2.52. The van der Waals surface area contributed by atoms with Crippen molar-refractivity contribution in [3.05, 3.63) is 46.9 Å². The van der Waals surface area contributed by atoms with E-state index in [4.69, 9.17) is 4.74 Å². The number of benzene rings is 1. The van der Waals surface area contributed by atoms with E-state index in [0.717, 1.165) is 30.5 Å². The van der Waals surface area contributed by atoms with Crippen molar-refractivity contribution < 1.29 is 9.13 Å². The Labute approximate surface area is 122 Å². The normalized spacial score (nSPS) is 12.6. The molecule has 0 atom stereocenters. The van der Waals surface area contributed by atoms with Gasteiger partial charge in [0.05, 0.1) is 12.7 Å². The van der Waals surface area contributed by atoms with Crippen molar-refractivity contribution in [1.82, 2.24) is 4.98 Å². The predicted molar refractivity (Wildman–Crippen MR) is 77.2 cm³/mol. The van der Waals surface area contributed by atoms with E-state index in [0.29, 0.717) is 17.1 Å². The number of anilines is 2. The molecule has 2 aromatic rings. The van der Waals surface area contributed by atoms with Crippen LogP contribution in [-0.2, 0) is 12.8 Å². The molecule has 5 heteroatoms. The topological polar surface area (TPSA) is 57.9 Å². The molecule has 1 N–H and O–H groups in total. The largest absolute Gasteiger partial charge is 0.494 e. The van der Waals surface area contributed by atoms with Gasteiger partial charge in [-0.05, 0) is 43.0 Å². The van der Waals surface area contributed by atoms with Crippen LogP contribution in [0.4, 0.5) is 15.9 Å². The highest BCUT2D eigenvalue weighted by atomic mass is 19.1. The van der Waals surface area contributed by atoms with Crippen molar-refractivity contribution in [1.29, 1.82) is 5.26 Å². The summed E-state index contributed by atoms with van der Waals surface area (Å²) in [5, 5.41) is 12.3. The quantitative estimate of drug-likeness (QED) is 0.938. The molecule has 0 radical (unpaired) electrons. The van der Waals surface area contributed by atoms with E-state index in [1.165, 1.54) is 19.2 Å². The molecule has 4 nitrogen and oxygen atoms in total. The lowest BCUT2D eigenvalue weighted by molar-refractivity contribution is 0.386. The summed E-state index contributed by atoms with van der Waals surface area (Å²) in [6, 6.07) is 8.57. The van der Waals surface area contributed by atoms with Gasteiger partial charge in [-0.25, -0.2) is 9.37 Å². The maximum absolute atomic E-state index is 13.7. The van der Waals surface area contributed by atoms with Crippen molar-refractivity contribution >= 4 is 11.5 Å². The minimum atomic E-state index is -0.456. The van der Waals surface area contributed by atoms with Crippen LogP contribution in [0.5, 0.6) is 5.75 Å². The molecular formula is C16H14FN3O. The summed E-state index contributed by atoms with van der Waals surface area (Å²) in [4.78, 5) is 4.50. The SMILES string of the molecule is COc1ccc(Nc2nc3c(cc2C#N)CCC3)cc1F. The number of pyridine rings is 1. The lowest BCUT2D eigenvalue weighted by Crippen LogP contribution is -2.01. The van der Waals surface area contributed by atoms with Crippen LogP contribution < -0.4 is 10.1 Å². The van der Waals surface area contributed by atoms with Crippen molar-refractivity contribution in [2.75, 3.05) is 12.4 Å². The highest BCUT2D eigenvalue weighted by Gasteiger charge is 2.16. The number of aromatic nitrogens is 1. The lowest BCUT2D eigenvalue weighted by Gasteiger charge is -2.11. The molecule has 0 fully saturated rings. The van der Waals surface area contributed by atoms with E-state index in [9.17, 15) is 9.65 Å². The van der Waals surface area contributed by atoms with Gasteiger partial charge in [0.1, 0.15) is 11.9 Å². The number of halogens is 1. The molecule has 0 spiro atoms. The molecular weight excluding hydrogens is 269 g/mol. The van der Waals surface area contributed by atoms with E-state index < -0.39 is 5.82 Å². The monoisotopic (exact) mass is 283 g/mol. The number of nitrogens with zero attached hydrogens (tertiary/aromatic N) is 2. The predicted octanol–water partition coefficient (Wildman–Crippen LogP) is 3.33. The summed E-state index contributed by atoms with van der Waals surface area (Å²) in [7, 11) is 1.42. The number of hydrogen-bond acceptors (Lipinski definition) is 4. The Morgan fingerprint density at radius 1 is 1.33 bits per heavy atom. The average molecular weight is 283 g/mol. The smallest absolute Gasteiger partial charge is 0.167 e. The van der Waals surface area contributed by atoms with Gasteiger partial charge in [-0.3, -0.25) is 0 Å². The van der Waals surface area contributed by atoms with Crippen LogP contribution in [0, 0.1) is 17.1 Å². The van der Waals surface area contributed by atoms with E-state index in [1.54, 1.807) is 6.07 Å². The summed E-state index contributed by atoms with van der Waals surface area (Å²) in [5.41, 5.74) is 3.17. The second-order valence-corrected chi connectivity index (χ2v) is 4.93. The van der Waals surface area contributed by atoms with Gasteiger partial charge in [-0.2, -0.15) is 5.26 Å².